The Balaban J connectivity index is 1.52. The Bertz CT molecular complexity index is 1580. The van der Waals surface area contributed by atoms with E-state index >= 15 is 0 Å². The summed E-state index contributed by atoms with van der Waals surface area (Å²) in [6, 6.07) is 17.7. The lowest BCUT2D eigenvalue weighted by atomic mass is 9.83. The Labute approximate surface area is 211 Å². The average Bonchev–Trinajstić information content (AvgIpc) is 3.14. The second-order valence-electron chi connectivity index (χ2n) is 8.21. The number of ether oxygens (including phenoxy) is 2. The van der Waals surface area contributed by atoms with Crippen LogP contribution in [0.25, 0.3) is 11.0 Å². The standard InChI is InChI=1S/C27H18Cl2N2O4/c1-13-6-9-21-17(10-13)14(2)25(34-21)27(32)33-15-7-8-16-22(11-15)35-26(31)18(12-30)23(16)24-19(28)4-3-5-20(24)29/h3-11,23H,31H2,1-2H3. The summed E-state index contributed by atoms with van der Waals surface area (Å²) in [5.41, 5.74) is 9.78. The minimum absolute atomic E-state index is 0.0760. The number of allylic oxidation sites excluding steroid dienone is 1. The second-order valence-corrected chi connectivity index (χ2v) is 9.02. The van der Waals surface area contributed by atoms with Gasteiger partial charge in [0, 0.05) is 38.2 Å². The minimum atomic E-state index is -0.643. The molecule has 0 saturated carbocycles. The molecule has 6 nitrogen and oxygen atoms in total. The van der Waals surface area contributed by atoms with E-state index in [1.165, 1.54) is 6.07 Å². The number of carbonyl (C=O) groups is 1. The molecule has 1 unspecified atom stereocenters. The maximum absolute atomic E-state index is 12.9. The zero-order valence-corrected chi connectivity index (χ0v) is 20.2. The first kappa shape index (κ1) is 22.9. The van der Waals surface area contributed by atoms with E-state index < -0.39 is 11.9 Å². The number of benzene rings is 3. The van der Waals surface area contributed by atoms with Crippen LogP contribution in [0.3, 0.4) is 0 Å². The van der Waals surface area contributed by atoms with Gasteiger partial charge in [-0.05, 0) is 44.2 Å². The van der Waals surface area contributed by atoms with Crippen LogP contribution in [0.15, 0.2) is 70.5 Å². The predicted molar refractivity (Wildman–Crippen MR) is 133 cm³/mol. The molecule has 174 valence electrons. The molecule has 0 aliphatic carbocycles. The summed E-state index contributed by atoms with van der Waals surface area (Å²) in [7, 11) is 0. The molecule has 1 aliphatic rings. The molecule has 0 amide bonds. The first-order valence-electron chi connectivity index (χ1n) is 10.7. The van der Waals surface area contributed by atoms with Crippen molar-refractivity contribution in [3.63, 3.8) is 0 Å². The zero-order valence-electron chi connectivity index (χ0n) is 18.7. The van der Waals surface area contributed by atoms with E-state index in [9.17, 15) is 10.1 Å². The molecule has 0 fully saturated rings. The highest BCUT2D eigenvalue weighted by Gasteiger charge is 2.34. The summed E-state index contributed by atoms with van der Waals surface area (Å²) in [6.45, 7) is 3.78. The number of hydrogen-bond acceptors (Lipinski definition) is 6. The fourth-order valence-corrected chi connectivity index (χ4v) is 4.88. The van der Waals surface area contributed by atoms with Crippen LogP contribution in [0, 0.1) is 25.2 Å². The molecule has 1 aliphatic heterocycles. The molecule has 0 bridgehead atoms. The van der Waals surface area contributed by atoms with Crippen molar-refractivity contribution in [3.8, 4) is 17.6 Å². The molecule has 8 heteroatoms. The quantitative estimate of drug-likeness (QED) is 0.243. The maximum atomic E-state index is 12.9. The van der Waals surface area contributed by atoms with E-state index in [0.717, 1.165) is 10.9 Å². The van der Waals surface area contributed by atoms with Crippen molar-refractivity contribution in [2.24, 2.45) is 5.73 Å². The van der Waals surface area contributed by atoms with Crippen LogP contribution in [0.1, 0.15) is 38.7 Å². The molecule has 5 rings (SSSR count). The third-order valence-corrected chi connectivity index (χ3v) is 6.63. The Hall–Kier alpha value is -3.92. The van der Waals surface area contributed by atoms with Gasteiger partial charge < -0.3 is 19.6 Å². The average molecular weight is 505 g/mol. The van der Waals surface area contributed by atoms with Gasteiger partial charge in [0.25, 0.3) is 0 Å². The third kappa shape index (κ3) is 3.89. The lowest BCUT2D eigenvalue weighted by molar-refractivity contribution is 0.0702. The number of aryl methyl sites for hydroxylation is 2. The number of nitrogens with zero attached hydrogens (tertiary/aromatic N) is 1. The number of rotatable bonds is 3. The summed E-state index contributed by atoms with van der Waals surface area (Å²) in [6.07, 6.45) is 0. The Morgan fingerprint density at radius 3 is 2.54 bits per heavy atom. The van der Waals surface area contributed by atoms with Crippen molar-refractivity contribution >= 4 is 40.1 Å². The van der Waals surface area contributed by atoms with Gasteiger partial charge in [0.2, 0.25) is 11.6 Å². The van der Waals surface area contributed by atoms with E-state index in [1.54, 1.807) is 30.3 Å². The molecule has 1 atom stereocenters. The van der Waals surface area contributed by atoms with Gasteiger partial charge in [-0.25, -0.2) is 4.79 Å². The van der Waals surface area contributed by atoms with Gasteiger partial charge in [-0.15, -0.1) is 0 Å². The number of nitriles is 1. The SMILES string of the molecule is Cc1ccc2oc(C(=O)Oc3ccc4c(c3)OC(N)=C(C#N)C4c3c(Cl)cccc3Cl)c(C)c2c1. The number of halogens is 2. The number of esters is 1. The number of furan rings is 1. The summed E-state index contributed by atoms with van der Waals surface area (Å²) in [4.78, 5) is 12.9. The predicted octanol–water partition coefficient (Wildman–Crippen LogP) is 6.79. The first-order valence-corrected chi connectivity index (χ1v) is 11.4. The van der Waals surface area contributed by atoms with Crippen molar-refractivity contribution in [2.45, 2.75) is 19.8 Å². The molecular formula is C27H18Cl2N2O4. The van der Waals surface area contributed by atoms with E-state index in [0.29, 0.717) is 38.1 Å². The minimum Gasteiger partial charge on any atom is -0.449 e. The zero-order chi connectivity index (χ0) is 24.9. The molecule has 4 aromatic rings. The summed E-state index contributed by atoms with van der Waals surface area (Å²) >= 11 is 12.9. The topological polar surface area (TPSA) is 98.5 Å². The van der Waals surface area contributed by atoms with Gasteiger partial charge in [-0.3, -0.25) is 0 Å². The van der Waals surface area contributed by atoms with Gasteiger partial charge in [0.1, 0.15) is 28.7 Å². The van der Waals surface area contributed by atoms with Crippen LogP contribution in [0.5, 0.6) is 11.5 Å². The highest BCUT2D eigenvalue weighted by Crippen LogP contribution is 2.47. The van der Waals surface area contributed by atoms with Gasteiger partial charge in [-0.2, -0.15) is 5.26 Å². The van der Waals surface area contributed by atoms with Crippen LogP contribution in [-0.4, -0.2) is 5.97 Å². The van der Waals surface area contributed by atoms with Crippen molar-refractivity contribution in [2.75, 3.05) is 0 Å². The molecule has 1 aromatic heterocycles. The van der Waals surface area contributed by atoms with E-state index in [1.807, 2.05) is 32.0 Å². The van der Waals surface area contributed by atoms with E-state index in [2.05, 4.69) is 6.07 Å². The number of hydrogen-bond donors (Lipinski definition) is 1. The smallest absolute Gasteiger partial charge is 0.379 e. The fraction of sp³-hybridized carbons (Fsp3) is 0.111. The summed E-state index contributed by atoms with van der Waals surface area (Å²) in [5, 5.41) is 11.4. The lowest BCUT2D eigenvalue weighted by Gasteiger charge is -2.27. The van der Waals surface area contributed by atoms with E-state index in [4.69, 9.17) is 42.8 Å². The maximum Gasteiger partial charge on any atom is 0.379 e. The first-order chi connectivity index (χ1) is 16.8. The third-order valence-electron chi connectivity index (χ3n) is 5.97. The normalized spacial score (nSPS) is 14.9. The Morgan fingerprint density at radius 2 is 1.83 bits per heavy atom. The monoisotopic (exact) mass is 504 g/mol. The molecule has 0 radical (unpaired) electrons. The lowest BCUT2D eigenvalue weighted by Crippen LogP contribution is -2.21. The summed E-state index contributed by atoms with van der Waals surface area (Å²) < 4.78 is 17.1. The molecular weight excluding hydrogens is 487 g/mol. The fourth-order valence-electron chi connectivity index (χ4n) is 4.27. The van der Waals surface area contributed by atoms with Crippen molar-refractivity contribution in [3.05, 3.63) is 104 Å². The molecule has 2 heterocycles. The second kappa shape index (κ2) is 8.70. The molecule has 0 spiro atoms. The number of fused-ring (bicyclic) bond motifs is 2. The van der Waals surface area contributed by atoms with Crippen molar-refractivity contribution in [1.29, 1.82) is 5.26 Å². The highest BCUT2D eigenvalue weighted by molar-refractivity contribution is 6.36. The van der Waals surface area contributed by atoms with Gasteiger partial charge in [0.05, 0.1) is 5.92 Å². The number of carbonyl (C=O) groups excluding carboxylic acids is 1. The van der Waals surface area contributed by atoms with E-state index in [-0.39, 0.29) is 23.0 Å². The number of nitrogens with two attached hydrogens (primary N) is 1. The van der Waals surface area contributed by atoms with Crippen LogP contribution in [0.2, 0.25) is 10.0 Å². The van der Waals surface area contributed by atoms with Crippen LogP contribution in [-0.2, 0) is 0 Å². The molecule has 35 heavy (non-hydrogen) atoms. The summed E-state index contributed by atoms with van der Waals surface area (Å²) in [5.74, 6) is -0.689. The van der Waals surface area contributed by atoms with Crippen LogP contribution >= 0.6 is 23.2 Å². The Kier molecular flexibility index (Phi) is 5.68. The largest absolute Gasteiger partial charge is 0.449 e. The molecule has 0 saturated heterocycles. The molecule has 3 aromatic carbocycles. The Morgan fingerprint density at radius 1 is 1.09 bits per heavy atom. The van der Waals surface area contributed by atoms with Crippen LogP contribution < -0.4 is 15.2 Å². The van der Waals surface area contributed by atoms with Crippen molar-refractivity contribution in [1.82, 2.24) is 0 Å². The molecule has 2 N–H and O–H groups in total. The van der Waals surface area contributed by atoms with Crippen molar-refractivity contribution < 1.29 is 18.7 Å². The van der Waals surface area contributed by atoms with Gasteiger partial charge >= 0.3 is 5.97 Å². The van der Waals surface area contributed by atoms with Crippen LogP contribution in [0.4, 0.5) is 0 Å². The highest BCUT2D eigenvalue weighted by atomic mass is 35.5. The van der Waals surface area contributed by atoms with Gasteiger partial charge in [0.15, 0.2) is 0 Å². The van der Waals surface area contributed by atoms with Gasteiger partial charge in [-0.1, -0.05) is 47.0 Å².